The van der Waals surface area contributed by atoms with E-state index in [0.29, 0.717) is 6.04 Å². The molecule has 0 aliphatic heterocycles. The van der Waals surface area contributed by atoms with Crippen LogP contribution in [0, 0.1) is 0 Å². The Morgan fingerprint density at radius 3 is 2.61 bits per heavy atom. The van der Waals surface area contributed by atoms with Gasteiger partial charge >= 0.3 is 0 Å². The maximum Gasteiger partial charge on any atom is 0.0610 e. The molecule has 1 atom stereocenters. The first-order valence-electron chi connectivity index (χ1n) is 6.47. The predicted octanol–water partition coefficient (Wildman–Crippen LogP) is 2.70. The average molecular weight is 268 g/mol. The van der Waals surface area contributed by atoms with Gasteiger partial charge in [-0.15, -0.1) is 11.8 Å². The zero-order valence-electron chi connectivity index (χ0n) is 11.5. The molecule has 0 aliphatic carbocycles. The van der Waals surface area contributed by atoms with E-state index in [2.05, 4.69) is 31.1 Å². The molecule has 1 aromatic heterocycles. The number of thioether (sulfide) groups is 1. The SMILES string of the molecule is CC(C)NC(C)(CO)CCCSc1ccncc1. The summed E-state index contributed by atoms with van der Waals surface area (Å²) in [6, 6.07) is 4.46. The Kier molecular flexibility index (Phi) is 6.68. The number of hydrogen-bond donors (Lipinski definition) is 2. The Labute approximate surface area is 114 Å². The van der Waals surface area contributed by atoms with E-state index >= 15 is 0 Å². The summed E-state index contributed by atoms with van der Waals surface area (Å²) in [6.45, 7) is 6.49. The molecule has 0 fully saturated rings. The molecule has 2 N–H and O–H groups in total. The summed E-state index contributed by atoms with van der Waals surface area (Å²) < 4.78 is 0. The molecule has 0 radical (unpaired) electrons. The highest BCUT2D eigenvalue weighted by molar-refractivity contribution is 7.99. The topological polar surface area (TPSA) is 45.1 Å². The van der Waals surface area contributed by atoms with Gasteiger partial charge in [-0.05, 0) is 37.7 Å². The standard InChI is InChI=1S/C14H24N2OS/c1-12(2)16-14(3,11-17)7-4-10-18-13-5-8-15-9-6-13/h5-6,8-9,12,16-17H,4,7,10-11H2,1-3H3. The fourth-order valence-corrected chi connectivity index (χ4v) is 2.82. The third-order valence-corrected chi connectivity index (χ3v) is 3.88. The van der Waals surface area contributed by atoms with Crippen LogP contribution >= 0.6 is 11.8 Å². The number of rotatable bonds is 8. The molecule has 0 saturated carbocycles. The fourth-order valence-electron chi connectivity index (χ4n) is 1.98. The Morgan fingerprint density at radius 1 is 1.39 bits per heavy atom. The van der Waals surface area contributed by atoms with Crippen LogP contribution in [0.4, 0.5) is 0 Å². The van der Waals surface area contributed by atoms with Crippen LogP contribution in [-0.2, 0) is 0 Å². The van der Waals surface area contributed by atoms with Crippen molar-refractivity contribution in [2.45, 2.75) is 50.1 Å². The molecule has 1 rings (SSSR count). The van der Waals surface area contributed by atoms with Crippen molar-refractivity contribution in [3.63, 3.8) is 0 Å². The Bertz CT molecular complexity index is 332. The third kappa shape index (κ3) is 5.85. The number of pyridine rings is 1. The summed E-state index contributed by atoms with van der Waals surface area (Å²) in [5.74, 6) is 1.07. The number of nitrogens with zero attached hydrogens (tertiary/aromatic N) is 1. The van der Waals surface area contributed by atoms with Crippen molar-refractivity contribution in [2.24, 2.45) is 0 Å². The van der Waals surface area contributed by atoms with Gasteiger partial charge in [-0.25, -0.2) is 0 Å². The maximum absolute atomic E-state index is 9.47. The molecule has 0 saturated heterocycles. The van der Waals surface area contributed by atoms with Crippen molar-refractivity contribution in [3.8, 4) is 0 Å². The molecular formula is C14H24N2OS. The summed E-state index contributed by atoms with van der Waals surface area (Å²) in [6.07, 6.45) is 5.71. The van der Waals surface area contributed by atoms with Crippen molar-refractivity contribution < 1.29 is 5.11 Å². The lowest BCUT2D eigenvalue weighted by Gasteiger charge is -2.31. The first-order valence-corrected chi connectivity index (χ1v) is 7.46. The minimum atomic E-state index is -0.160. The molecular weight excluding hydrogens is 244 g/mol. The minimum Gasteiger partial charge on any atom is -0.394 e. The van der Waals surface area contributed by atoms with E-state index in [1.54, 1.807) is 0 Å². The van der Waals surface area contributed by atoms with E-state index in [1.807, 2.05) is 36.3 Å². The van der Waals surface area contributed by atoms with Crippen LogP contribution in [0.25, 0.3) is 0 Å². The van der Waals surface area contributed by atoms with Gasteiger partial charge in [0.05, 0.1) is 6.61 Å². The largest absolute Gasteiger partial charge is 0.394 e. The quantitative estimate of drug-likeness (QED) is 0.562. The number of nitrogens with one attached hydrogen (secondary N) is 1. The van der Waals surface area contributed by atoms with Crippen LogP contribution in [0.3, 0.4) is 0 Å². The highest BCUT2D eigenvalue weighted by Crippen LogP contribution is 2.20. The van der Waals surface area contributed by atoms with E-state index in [4.69, 9.17) is 0 Å². The Morgan fingerprint density at radius 2 is 2.06 bits per heavy atom. The molecule has 1 aromatic rings. The molecule has 3 nitrogen and oxygen atoms in total. The fraction of sp³-hybridized carbons (Fsp3) is 0.643. The molecule has 1 unspecified atom stereocenters. The highest BCUT2D eigenvalue weighted by Gasteiger charge is 2.22. The second kappa shape index (κ2) is 7.77. The van der Waals surface area contributed by atoms with E-state index in [0.717, 1.165) is 18.6 Å². The third-order valence-electron chi connectivity index (χ3n) is 2.78. The second-order valence-corrected chi connectivity index (χ2v) is 6.32. The summed E-state index contributed by atoms with van der Waals surface area (Å²) in [7, 11) is 0. The van der Waals surface area contributed by atoms with Gasteiger partial charge in [0, 0.05) is 28.9 Å². The molecule has 0 aromatic carbocycles. The molecule has 0 spiro atoms. The lowest BCUT2D eigenvalue weighted by molar-refractivity contribution is 0.156. The van der Waals surface area contributed by atoms with Gasteiger partial charge in [0.1, 0.15) is 0 Å². The molecule has 4 heteroatoms. The first-order chi connectivity index (χ1) is 8.56. The highest BCUT2D eigenvalue weighted by atomic mass is 32.2. The summed E-state index contributed by atoms with van der Waals surface area (Å²) in [4.78, 5) is 5.26. The van der Waals surface area contributed by atoms with Crippen LogP contribution in [-0.4, -0.2) is 34.0 Å². The van der Waals surface area contributed by atoms with E-state index in [1.165, 1.54) is 4.90 Å². The van der Waals surface area contributed by atoms with Gasteiger partial charge in [-0.1, -0.05) is 13.8 Å². The zero-order valence-corrected chi connectivity index (χ0v) is 12.3. The van der Waals surface area contributed by atoms with Crippen LogP contribution in [0.1, 0.15) is 33.6 Å². The summed E-state index contributed by atoms with van der Waals surface area (Å²) in [5.41, 5.74) is -0.160. The van der Waals surface area contributed by atoms with Gasteiger partial charge in [0.15, 0.2) is 0 Å². The smallest absolute Gasteiger partial charge is 0.0610 e. The lowest BCUT2D eigenvalue weighted by atomic mass is 9.96. The Balaban J connectivity index is 2.27. The monoisotopic (exact) mass is 268 g/mol. The van der Waals surface area contributed by atoms with Gasteiger partial charge in [-0.3, -0.25) is 4.98 Å². The number of aliphatic hydroxyl groups is 1. The number of aromatic nitrogens is 1. The average Bonchev–Trinajstić information content (AvgIpc) is 2.35. The molecule has 1 heterocycles. The number of aliphatic hydroxyl groups excluding tert-OH is 1. The minimum absolute atomic E-state index is 0.160. The van der Waals surface area contributed by atoms with Crippen LogP contribution in [0.5, 0.6) is 0 Å². The summed E-state index contributed by atoms with van der Waals surface area (Å²) >= 11 is 1.84. The van der Waals surface area contributed by atoms with Gasteiger partial charge in [0.2, 0.25) is 0 Å². The van der Waals surface area contributed by atoms with Gasteiger partial charge < -0.3 is 10.4 Å². The van der Waals surface area contributed by atoms with Crippen molar-refractivity contribution in [1.29, 1.82) is 0 Å². The second-order valence-electron chi connectivity index (χ2n) is 5.15. The number of hydrogen-bond acceptors (Lipinski definition) is 4. The molecule has 0 aliphatic rings. The molecule has 0 bridgehead atoms. The van der Waals surface area contributed by atoms with Gasteiger partial charge in [-0.2, -0.15) is 0 Å². The van der Waals surface area contributed by atoms with Crippen molar-refractivity contribution in [3.05, 3.63) is 24.5 Å². The molecule has 0 amide bonds. The Hall–Kier alpha value is -0.580. The zero-order chi connectivity index (χ0) is 13.4. The van der Waals surface area contributed by atoms with Crippen molar-refractivity contribution in [2.75, 3.05) is 12.4 Å². The van der Waals surface area contributed by atoms with E-state index < -0.39 is 0 Å². The van der Waals surface area contributed by atoms with Crippen LogP contribution in [0.15, 0.2) is 29.4 Å². The van der Waals surface area contributed by atoms with Crippen LogP contribution < -0.4 is 5.32 Å². The van der Waals surface area contributed by atoms with E-state index in [-0.39, 0.29) is 12.1 Å². The van der Waals surface area contributed by atoms with Gasteiger partial charge in [0.25, 0.3) is 0 Å². The normalized spacial score (nSPS) is 14.7. The first kappa shape index (κ1) is 15.5. The predicted molar refractivity (Wildman–Crippen MR) is 78.0 cm³/mol. The van der Waals surface area contributed by atoms with Crippen LogP contribution in [0.2, 0.25) is 0 Å². The maximum atomic E-state index is 9.47. The molecule has 102 valence electrons. The van der Waals surface area contributed by atoms with E-state index in [9.17, 15) is 5.11 Å². The van der Waals surface area contributed by atoms with Crippen molar-refractivity contribution in [1.82, 2.24) is 10.3 Å². The summed E-state index contributed by atoms with van der Waals surface area (Å²) in [5, 5.41) is 12.9. The molecule has 18 heavy (non-hydrogen) atoms. The van der Waals surface area contributed by atoms with Crippen molar-refractivity contribution >= 4 is 11.8 Å². The lowest BCUT2D eigenvalue weighted by Crippen LogP contribution is -2.49.